The zero-order valence-corrected chi connectivity index (χ0v) is 9.72. The van der Waals surface area contributed by atoms with Gasteiger partial charge in [0.05, 0.1) is 12.1 Å². The van der Waals surface area contributed by atoms with Crippen molar-refractivity contribution in [1.82, 2.24) is 10.2 Å². The molecule has 3 fully saturated rings. The van der Waals surface area contributed by atoms with Gasteiger partial charge in [0, 0.05) is 26.1 Å². The lowest BCUT2D eigenvalue weighted by Gasteiger charge is -2.29. The van der Waals surface area contributed by atoms with Crippen molar-refractivity contribution in [3.05, 3.63) is 0 Å². The van der Waals surface area contributed by atoms with Crippen LogP contribution in [0.5, 0.6) is 0 Å². The van der Waals surface area contributed by atoms with E-state index in [1.165, 1.54) is 6.42 Å². The van der Waals surface area contributed by atoms with Crippen molar-refractivity contribution in [1.29, 1.82) is 0 Å². The van der Waals surface area contributed by atoms with Gasteiger partial charge in [0.15, 0.2) is 0 Å². The minimum atomic E-state index is -0.398. The van der Waals surface area contributed by atoms with Crippen LogP contribution in [0.1, 0.15) is 19.3 Å². The molecule has 0 aromatic rings. The van der Waals surface area contributed by atoms with Gasteiger partial charge >= 0.3 is 0 Å². The SMILES string of the molecule is CN(C(=O)C1CC2CC2C1)[C@H]1CNC[C@@H]1O. The molecule has 0 aromatic carbocycles. The van der Waals surface area contributed by atoms with Gasteiger partial charge in [-0.25, -0.2) is 0 Å². The second kappa shape index (κ2) is 3.70. The summed E-state index contributed by atoms with van der Waals surface area (Å²) in [6.07, 6.45) is 3.12. The van der Waals surface area contributed by atoms with E-state index < -0.39 is 6.10 Å². The molecule has 1 aliphatic heterocycles. The number of hydrogen-bond donors (Lipinski definition) is 2. The van der Waals surface area contributed by atoms with Crippen molar-refractivity contribution >= 4 is 5.91 Å². The van der Waals surface area contributed by atoms with Crippen LogP contribution < -0.4 is 5.32 Å². The Bertz CT molecular complexity index is 297. The second-order valence-electron chi connectivity index (χ2n) is 5.67. The highest BCUT2D eigenvalue weighted by molar-refractivity contribution is 5.79. The Hall–Kier alpha value is -0.610. The van der Waals surface area contributed by atoms with Crippen molar-refractivity contribution in [2.24, 2.45) is 17.8 Å². The van der Waals surface area contributed by atoms with Gasteiger partial charge in [-0.3, -0.25) is 4.79 Å². The lowest BCUT2D eigenvalue weighted by atomic mass is 10.0. The quantitative estimate of drug-likeness (QED) is 0.684. The average Bonchev–Trinajstić information content (AvgIpc) is 2.72. The zero-order valence-electron chi connectivity index (χ0n) is 9.72. The number of rotatable bonds is 2. The minimum Gasteiger partial charge on any atom is -0.390 e. The molecule has 0 bridgehead atoms. The third-order valence-corrected chi connectivity index (χ3v) is 4.59. The third kappa shape index (κ3) is 1.64. The summed E-state index contributed by atoms with van der Waals surface area (Å²) < 4.78 is 0. The van der Waals surface area contributed by atoms with Crippen LogP contribution in [0, 0.1) is 17.8 Å². The first-order chi connectivity index (χ1) is 7.66. The summed E-state index contributed by atoms with van der Waals surface area (Å²) in [6, 6.07) is -0.0237. The van der Waals surface area contributed by atoms with Crippen LogP contribution in [0.3, 0.4) is 0 Å². The van der Waals surface area contributed by atoms with Crippen molar-refractivity contribution in [2.45, 2.75) is 31.4 Å². The number of amides is 1. The number of hydrogen-bond acceptors (Lipinski definition) is 3. The Labute approximate surface area is 96.0 Å². The highest BCUT2D eigenvalue weighted by atomic mass is 16.3. The summed E-state index contributed by atoms with van der Waals surface area (Å²) in [5.41, 5.74) is 0. The molecule has 16 heavy (non-hydrogen) atoms. The molecular formula is C12H20N2O2. The largest absolute Gasteiger partial charge is 0.390 e. The number of carbonyl (C=O) groups excluding carboxylic acids is 1. The standard InChI is InChI=1S/C12H20N2O2/c1-14(10-5-13-6-11(10)15)12(16)9-3-7-2-8(7)4-9/h7-11,13,15H,2-6H2,1H3/t7?,8?,9?,10-,11-/m0/s1. The van der Waals surface area contributed by atoms with E-state index in [0.717, 1.165) is 31.2 Å². The summed E-state index contributed by atoms with van der Waals surface area (Å²) in [5, 5.41) is 12.9. The molecule has 1 amide bonds. The van der Waals surface area contributed by atoms with Crippen LogP contribution in [0.15, 0.2) is 0 Å². The van der Waals surface area contributed by atoms with Crippen molar-refractivity contribution in [3.8, 4) is 0 Å². The predicted molar refractivity (Wildman–Crippen MR) is 59.8 cm³/mol. The molecule has 2 N–H and O–H groups in total. The zero-order chi connectivity index (χ0) is 11.3. The monoisotopic (exact) mass is 224 g/mol. The van der Waals surface area contributed by atoms with Gasteiger partial charge in [-0.05, 0) is 31.1 Å². The molecule has 1 saturated heterocycles. The topological polar surface area (TPSA) is 52.6 Å². The van der Waals surface area contributed by atoms with Gasteiger partial charge in [-0.2, -0.15) is 0 Å². The molecule has 2 unspecified atom stereocenters. The van der Waals surface area contributed by atoms with Crippen LogP contribution in [0.25, 0.3) is 0 Å². The Kier molecular flexibility index (Phi) is 2.44. The number of carbonyl (C=O) groups is 1. The first-order valence-corrected chi connectivity index (χ1v) is 6.32. The smallest absolute Gasteiger partial charge is 0.225 e. The molecule has 0 spiro atoms. The summed E-state index contributed by atoms with van der Waals surface area (Å²) >= 11 is 0. The summed E-state index contributed by atoms with van der Waals surface area (Å²) in [7, 11) is 1.84. The molecule has 2 aliphatic carbocycles. The van der Waals surface area contributed by atoms with Gasteiger partial charge < -0.3 is 15.3 Å². The van der Waals surface area contributed by atoms with Gasteiger partial charge in [0.2, 0.25) is 5.91 Å². The highest BCUT2D eigenvalue weighted by Crippen LogP contribution is 2.54. The summed E-state index contributed by atoms with van der Waals surface area (Å²) in [4.78, 5) is 14.0. The van der Waals surface area contributed by atoms with Gasteiger partial charge in [0.25, 0.3) is 0 Å². The molecule has 4 heteroatoms. The molecule has 4 atom stereocenters. The van der Waals surface area contributed by atoms with Crippen LogP contribution in [-0.4, -0.2) is 48.2 Å². The first-order valence-electron chi connectivity index (χ1n) is 6.32. The molecule has 0 aromatic heterocycles. The Balaban J connectivity index is 1.61. The molecule has 1 heterocycles. The Morgan fingerprint density at radius 1 is 1.25 bits per heavy atom. The van der Waals surface area contributed by atoms with Crippen LogP contribution >= 0.6 is 0 Å². The molecule has 3 aliphatic rings. The van der Waals surface area contributed by atoms with Crippen LogP contribution in [-0.2, 0) is 4.79 Å². The number of fused-ring (bicyclic) bond motifs is 1. The van der Waals surface area contributed by atoms with Gasteiger partial charge in [-0.1, -0.05) is 0 Å². The highest BCUT2D eigenvalue weighted by Gasteiger charge is 2.49. The molecular weight excluding hydrogens is 204 g/mol. The molecule has 0 radical (unpaired) electrons. The first kappa shape index (κ1) is 10.5. The van der Waals surface area contributed by atoms with Gasteiger partial charge in [0.1, 0.15) is 0 Å². The number of nitrogens with one attached hydrogen (secondary N) is 1. The lowest BCUT2D eigenvalue weighted by Crippen LogP contribution is -2.46. The normalized spacial score (nSPS) is 45.5. The molecule has 2 saturated carbocycles. The van der Waals surface area contributed by atoms with Gasteiger partial charge in [-0.15, -0.1) is 0 Å². The molecule has 4 nitrogen and oxygen atoms in total. The summed E-state index contributed by atoms with van der Waals surface area (Å²) in [5.74, 6) is 2.17. The van der Waals surface area contributed by atoms with E-state index in [9.17, 15) is 9.90 Å². The molecule has 3 rings (SSSR count). The predicted octanol–water partition coefficient (Wildman–Crippen LogP) is -0.176. The van der Waals surface area contributed by atoms with E-state index >= 15 is 0 Å². The summed E-state index contributed by atoms with van der Waals surface area (Å²) in [6.45, 7) is 1.33. The van der Waals surface area contributed by atoms with E-state index in [1.807, 2.05) is 7.05 Å². The fourth-order valence-electron chi connectivity index (χ4n) is 3.41. The van der Waals surface area contributed by atoms with Crippen molar-refractivity contribution in [2.75, 3.05) is 20.1 Å². The van der Waals surface area contributed by atoms with E-state index in [-0.39, 0.29) is 17.9 Å². The second-order valence-corrected chi connectivity index (χ2v) is 5.67. The van der Waals surface area contributed by atoms with Crippen molar-refractivity contribution < 1.29 is 9.90 Å². The molecule has 90 valence electrons. The maximum Gasteiger partial charge on any atom is 0.225 e. The van der Waals surface area contributed by atoms with E-state index in [1.54, 1.807) is 4.90 Å². The maximum absolute atomic E-state index is 12.2. The minimum absolute atomic E-state index is 0.0237. The number of nitrogens with zero attached hydrogens (tertiary/aromatic N) is 1. The lowest BCUT2D eigenvalue weighted by molar-refractivity contribution is -0.137. The van der Waals surface area contributed by atoms with E-state index in [2.05, 4.69) is 5.32 Å². The number of aliphatic hydroxyl groups excluding tert-OH is 1. The fraction of sp³-hybridized carbons (Fsp3) is 0.917. The van der Waals surface area contributed by atoms with E-state index in [4.69, 9.17) is 0 Å². The fourth-order valence-corrected chi connectivity index (χ4v) is 3.41. The van der Waals surface area contributed by atoms with Crippen LogP contribution in [0.4, 0.5) is 0 Å². The Morgan fingerprint density at radius 2 is 1.94 bits per heavy atom. The maximum atomic E-state index is 12.2. The Morgan fingerprint density at radius 3 is 2.50 bits per heavy atom. The number of likely N-dealkylation sites (N-methyl/N-ethyl adjacent to an activating group) is 1. The number of β-amino-alcohol motifs (C(OH)–C–C–N with tert-alkyl or cyclic N) is 1. The van der Waals surface area contributed by atoms with E-state index in [0.29, 0.717) is 6.54 Å². The third-order valence-electron chi connectivity index (χ3n) is 4.59. The van der Waals surface area contributed by atoms with Crippen LogP contribution in [0.2, 0.25) is 0 Å². The average molecular weight is 224 g/mol. The van der Waals surface area contributed by atoms with Crippen molar-refractivity contribution in [3.63, 3.8) is 0 Å². The number of aliphatic hydroxyl groups is 1.